The summed E-state index contributed by atoms with van der Waals surface area (Å²) in [5.41, 5.74) is 2.69. The standard InChI is InChI=1S/C18H19N3O2/c1-3-8-23-18-7-4-14(12-21-18)11-20-17-9-15(13(2)22)5-6-16(17)10-19/h4-7,9,12,20H,3,8,11H2,1-2H3. The van der Waals surface area contributed by atoms with E-state index in [0.29, 0.717) is 35.8 Å². The second kappa shape index (κ2) is 7.95. The highest BCUT2D eigenvalue weighted by atomic mass is 16.5. The van der Waals surface area contributed by atoms with E-state index in [1.807, 2.05) is 19.1 Å². The molecule has 2 aromatic rings. The average molecular weight is 309 g/mol. The van der Waals surface area contributed by atoms with Gasteiger partial charge < -0.3 is 10.1 Å². The number of Topliss-reactive ketones (excluding diaryl/α,β-unsaturated/α-hetero) is 1. The summed E-state index contributed by atoms with van der Waals surface area (Å²) in [4.78, 5) is 15.7. The minimum absolute atomic E-state index is 0.0309. The molecule has 0 saturated carbocycles. The van der Waals surface area contributed by atoms with Gasteiger partial charge in [-0.1, -0.05) is 13.0 Å². The van der Waals surface area contributed by atoms with Gasteiger partial charge in [0.1, 0.15) is 6.07 Å². The van der Waals surface area contributed by atoms with Crippen molar-refractivity contribution in [3.8, 4) is 11.9 Å². The molecular weight excluding hydrogens is 290 g/mol. The lowest BCUT2D eigenvalue weighted by Gasteiger charge is -2.10. The molecule has 0 atom stereocenters. The molecule has 118 valence electrons. The van der Waals surface area contributed by atoms with Gasteiger partial charge in [-0.25, -0.2) is 4.98 Å². The number of nitrogens with zero attached hydrogens (tertiary/aromatic N) is 2. The van der Waals surface area contributed by atoms with E-state index in [4.69, 9.17) is 10.00 Å². The van der Waals surface area contributed by atoms with Gasteiger partial charge in [-0.3, -0.25) is 4.79 Å². The fraction of sp³-hybridized carbons (Fsp3) is 0.278. The van der Waals surface area contributed by atoms with Crippen LogP contribution in [0.15, 0.2) is 36.5 Å². The Bertz CT molecular complexity index is 718. The van der Waals surface area contributed by atoms with Crippen molar-refractivity contribution < 1.29 is 9.53 Å². The Labute approximate surface area is 135 Å². The second-order valence-electron chi connectivity index (χ2n) is 5.14. The van der Waals surface area contributed by atoms with Crippen LogP contribution < -0.4 is 10.1 Å². The Morgan fingerprint density at radius 3 is 2.78 bits per heavy atom. The molecule has 1 aromatic carbocycles. The van der Waals surface area contributed by atoms with Crippen molar-refractivity contribution in [3.05, 3.63) is 53.2 Å². The number of benzene rings is 1. The van der Waals surface area contributed by atoms with Gasteiger partial charge in [-0.2, -0.15) is 5.26 Å². The number of ether oxygens (including phenoxy) is 1. The summed E-state index contributed by atoms with van der Waals surface area (Å²) in [6.45, 7) is 4.70. The molecule has 0 aliphatic rings. The normalized spacial score (nSPS) is 9.96. The zero-order valence-electron chi connectivity index (χ0n) is 13.3. The van der Waals surface area contributed by atoms with Crippen molar-refractivity contribution in [2.24, 2.45) is 0 Å². The van der Waals surface area contributed by atoms with Crippen molar-refractivity contribution >= 4 is 11.5 Å². The number of hydrogen-bond donors (Lipinski definition) is 1. The molecule has 1 aromatic heterocycles. The number of nitrogens with one attached hydrogen (secondary N) is 1. The van der Waals surface area contributed by atoms with E-state index in [1.165, 1.54) is 6.92 Å². The molecule has 0 spiro atoms. The number of carbonyl (C=O) groups is 1. The van der Waals surface area contributed by atoms with E-state index in [-0.39, 0.29) is 5.78 Å². The van der Waals surface area contributed by atoms with Gasteiger partial charge in [0.2, 0.25) is 5.88 Å². The number of hydrogen-bond acceptors (Lipinski definition) is 5. The minimum atomic E-state index is -0.0309. The summed E-state index contributed by atoms with van der Waals surface area (Å²) in [6, 6.07) is 10.9. The number of anilines is 1. The van der Waals surface area contributed by atoms with Crippen LogP contribution in [-0.4, -0.2) is 17.4 Å². The number of nitriles is 1. The summed E-state index contributed by atoms with van der Waals surface area (Å²) < 4.78 is 5.44. The lowest BCUT2D eigenvalue weighted by Crippen LogP contribution is -2.04. The van der Waals surface area contributed by atoms with Crippen LogP contribution in [0, 0.1) is 11.3 Å². The van der Waals surface area contributed by atoms with Crippen molar-refractivity contribution in [2.45, 2.75) is 26.8 Å². The number of ketones is 1. The van der Waals surface area contributed by atoms with Gasteiger partial charge in [0.15, 0.2) is 5.78 Å². The van der Waals surface area contributed by atoms with Gasteiger partial charge in [-0.05, 0) is 37.1 Å². The SMILES string of the molecule is CCCOc1ccc(CNc2cc(C(C)=O)ccc2C#N)cn1. The Kier molecular flexibility index (Phi) is 5.70. The summed E-state index contributed by atoms with van der Waals surface area (Å²) >= 11 is 0. The zero-order valence-corrected chi connectivity index (χ0v) is 13.3. The molecule has 0 saturated heterocycles. The third kappa shape index (κ3) is 4.55. The monoisotopic (exact) mass is 309 g/mol. The highest BCUT2D eigenvalue weighted by molar-refractivity contribution is 5.95. The van der Waals surface area contributed by atoms with E-state index in [0.717, 1.165) is 12.0 Å². The van der Waals surface area contributed by atoms with Crippen molar-refractivity contribution in [1.82, 2.24) is 4.98 Å². The maximum Gasteiger partial charge on any atom is 0.213 e. The largest absolute Gasteiger partial charge is 0.478 e. The van der Waals surface area contributed by atoms with Crippen LogP contribution in [0.5, 0.6) is 5.88 Å². The second-order valence-corrected chi connectivity index (χ2v) is 5.14. The lowest BCUT2D eigenvalue weighted by molar-refractivity contribution is 0.101. The highest BCUT2D eigenvalue weighted by Crippen LogP contribution is 2.19. The third-order valence-corrected chi connectivity index (χ3v) is 3.28. The smallest absolute Gasteiger partial charge is 0.213 e. The van der Waals surface area contributed by atoms with Gasteiger partial charge in [0.25, 0.3) is 0 Å². The molecule has 0 aliphatic carbocycles. The summed E-state index contributed by atoms with van der Waals surface area (Å²) in [7, 11) is 0. The fourth-order valence-corrected chi connectivity index (χ4v) is 2.01. The summed E-state index contributed by atoms with van der Waals surface area (Å²) in [6.07, 6.45) is 2.67. The molecule has 5 nitrogen and oxygen atoms in total. The highest BCUT2D eigenvalue weighted by Gasteiger charge is 2.06. The van der Waals surface area contributed by atoms with Gasteiger partial charge in [0.05, 0.1) is 17.9 Å². The molecular formula is C18H19N3O2. The molecule has 0 aliphatic heterocycles. The topological polar surface area (TPSA) is 75.0 Å². The summed E-state index contributed by atoms with van der Waals surface area (Å²) in [5, 5.41) is 12.3. The molecule has 1 N–H and O–H groups in total. The van der Waals surface area contributed by atoms with Gasteiger partial charge >= 0.3 is 0 Å². The van der Waals surface area contributed by atoms with Crippen molar-refractivity contribution in [3.63, 3.8) is 0 Å². The Morgan fingerprint density at radius 2 is 2.17 bits per heavy atom. The third-order valence-electron chi connectivity index (χ3n) is 3.28. The van der Waals surface area contributed by atoms with E-state index in [1.54, 1.807) is 24.4 Å². The van der Waals surface area contributed by atoms with Crippen LogP contribution in [0.1, 0.15) is 41.8 Å². The number of carbonyl (C=O) groups excluding carboxylic acids is 1. The van der Waals surface area contributed by atoms with Crippen LogP contribution in [0.3, 0.4) is 0 Å². The maximum absolute atomic E-state index is 11.5. The molecule has 0 unspecified atom stereocenters. The first-order valence-electron chi connectivity index (χ1n) is 7.50. The Hall–Kier alpha value is -2.87. The van der Waals surface area contributed by atoms with Gasteiger partial charge in [0, 0.05) is 24.4 Å². The van der Waals surface area contributed by atoms with E-state index in [2.05, 4.69) is 16.4 Å². The lowest BCUT2D eigenvalue weighted by atomic mass is 10.1. The summed E-state index contributed by atoms with van der Waals surface area (Å²) in [5.74, 6) is 0.573. The molecule has 5 heteroatoms. The van der Waals surface area contributed by atoms with Crippen LogP contribution in [0.2, 0.25) is 0 Å². The first kappa shape index (κ1) is 16.5. The maximum atomic E-state index is 11.5. The Morgan fingerprint density at radius 1 is 1.35 bits per heavy atom. The minimum Gasteiger partial charge on any atom is -0.478 e. The number of pyridine rings is 1. The molecule has 0 radical (unpaired) electrons. The molecule has 2 rings (SSSR count). The first-order valence-corrected chi connectivity index (χ1v) is 7.50. The Balaban J connectivity index is 2.06. The zero-order chi connectivity index (χ0) is 16.7. The van der Waals surface area contributed by atoms with Crippen LogP contribution in [0.25, 0.3) is 0 Å². The quantitative estimate of drug-likeness (QED) is 0.791. The molecule has 0 fully saturated rings. The average Bonchev–Trinajstić information content (AvgIpc) is 2.58. The van der Waals surface area contributed by atoms with Crippen LogP contribution in [0.4, 0.5) is 5.69 Å². The molecule has 0 amide bonds. The van der Waals surface area contributed by atoms with E-state index < -0.39 is 0 Å². The molecule has 23 heavy (non-hydrogen) atoms. The van der Waals surface area contributed by atoms with E-state index in [9.17, 15) is 4.79 Å². The molecule has 1 heterocycles. The predicted molar refractivity (Wildman–Crippen MR) is 88.5 cm³/mol. The van der Waals surface area contributed by atoms with Crippen molar-refractivity contribution in [2.75, 3.05) is 11.9 Å². The van der Waals surface area contributed by atoms with Gasteiger partial charge in [-0.15, -0.1) is 0 Å². The molecule has 0 bridgehead atoms. The van der Waals surface area contributed by atoms with Crippen molar-refractivity contribution in [1.29, 1.82) is 5.26 Å². The van der Waals surface area contributed by atoms with E-state index >= 15 is 0 Å². The fourth-order valence-electron chi connectivity index (χ4n) is 2.01. The predicted octanol–water partition coefficient (Wildman–Crippen LogP) is 3.56. The first-order chi connectivity index (χ1) is 11.1. The van der Waals surface area contributed by atoms with Crippen LogP contribution in [-0.2, 0) is 6.54 Å². The number of rotatable bonds is 7. The van der Waals surface area contributed by atoms with Crippen LogP contribution >= 0.6 is 0 Å². The number of aromatic nitrogens is 1.